The molecule has 0 atom stereocenters. The van der Waals surface area contributed by atoms with Crippen LogP contribution in [0, 0.1) is 5.92 Å². The molecule has 6 nitrogen and oxygen atoms in total. The van der Waals surface area contributed by atoms with Crippen LogP contribution in [0.1, 0.15) is 38.2 Å². The van der Waals surface area contributed by atoms with Crippen molar-refractivity contribution in [3.8, 4) is 0 Å². The van der Waals surface area contributed by atoms with Gasteiger partial charge in [0, 0.05) is 26.2 Å². The third-order valence-corrected chi connectivity index (χ3v) is 6.75. The molecule has 2 N–H and O–H groups in total. The second kappa shape index (κ2) is 11.9. The fourth-order valence-corrected chi connectivity index (χ4v) is 4.45. The van der Waals surface area contributed by atoms with Gasteiger partial charge in [-0.15, -0.1) is 24.0 Å². The average molecular weight is 532 g/mol. The predicted octanol–water partition coefficient (Wildman–Crippen LogP) is 3.08. The number of nitrogens with one attached hydrogen (secondary N) is 2. The molecule has 1 fully saturated rings. The van der Waals surface area contributed by atoms with Crippen LogP contribution in [0.2, 0.25) is 0 Å². The third kappa shape index (κ3) is 7.57. The van der Waals surface area contributed by atoms with E-state index < -0.39 is 10.0 Å². The van der Waals surface area contributed by atoms with Gasteiger partial charge in [0.25, 0.3) is 0 Å². The molecule has 2 aliphatic rings. The first-order chi connectivity index (χ1) is 13.6. The highest BCUT2D eigenvalue weighted by atomic mass is 127. The van der Waals surface area contributed by atoms with E-state index in [0.717, 1.165) is 44.9 Å². The lowest BCUT2D eigenvalue weighted by Gasteiger charge is -2.30. The normalized spacial score (nSPS) is 17.9. The zero-order valence-electron chi connectivity index (χ0n) is 17.1. The van der Waals surface area contributed by atoms with Crippen LogP contribution in [-0.2, 0) is 10.0 Å². The molecule has 1 heterocycles. The molecule has 0 spiro atoms. The first kappa shape index (κ1) is 24.1. The maximum absolute atomic E-state index is 12.2. The molecular weight excluding hydrogens is 499 g/mol. The zero-order valence-corrected chi connectivity index (χ0v) is 20.3. The number of nitrogens with zero attached hydrogens (tertiary/aromatic N) is 2. The van der Waals surface area contributed by atoms with E-state index >= 15 is 0 Å². The first-order valence-corrected chi connectivity index (χ1v) is 12.0. The quantitative estimate of drug-likeness (QED) is 0.307. The van der Waals surface area contributed by atoms with Crippen molar-refractivity contribution in [1.82, 2.24) is 14.9 Å². The lowest BCUT2D eigenvalue weighted by Crippen LogP contribution is -2.44. The molecule has 1 aliphatic carbocycles. The fraction of sp³-hybridized carbons (Fsp3) is 0.571. The number of benzene rings is 1. The summed E-state index contributed by atoms with van der Waals surface area (Å²) in [5.74, 6) is 1.35. The Kier molecular flexibility index (Phi) is 9.91. The highest BCUT2D eigenvalue weighted by molar-refractivity contribution is 14.0. The van der Waals surface area contributed by atoms with Crippen molar-refractivity contribution in [2.45, 2.75) is 32.6 Å². The van der Waals surface area contributed by atoms with Gasteiger partial charge < -0.3 is 10.2 Å². The fourth-order valence-electron chi connectivity index (χ4n) is 3.49. The van der Waals surface area contributed by atoms with E-state index in [0.29, 0.717) is 12.5 Å². The second-order valence-corrected chi connectivity index (χ2v) is 9.42. The molecule has 1 aliphatic heterocycles. The van der Waals surface area contributed by atoms with Crippen LogP contribution in [-0.4, -0.2) is 57.8 Å². The summed E-state index contributed by atoms with van der Waals surface area (Å²) in [7, 11) is -3.25. The first-order valence-electron chi connectivity index (χ1n) is 10.3. The largest absolute Gasteiger partial charge is 0.357 e. The molecule has 0 amide bonds. The number of sulfonamides is 1. The van der Waals surface area contributed by atoms with Crippen molar-refractivity contribution in [2.75, 3.05) is 38.5 Å². The smallest absolute Gasteiger partial charge is 0.213 e. The van der Waals surface area contributed by atoms with E-state index in [1.807, 2.05) is 13.0 Å². The zero-order chi connectivity index (χ0) is 19.8. The van der Waals surface area contributed by atoms with E-state index in [2.05, 4.69) is 50.3 Å². The molecule has 29 heavy (non-hydrogen) atoms. The van der Waals surface area contributed by atoms with E-state index in [1.54, 1.807) is 0 Å². The molecule has 8 heteroatoms. The van der Waals surface area contributed by atoms with Crippen LogP contribution in [0.4, 0.5) is 0 Å². The van der Waals surface area contributed by atoms with Crippen molar-refractivity contribution in [3.63, 3.8) is 0 Å². The Bertz CT molecular complexity index is 792. The van der Waals surface area contributed by atoms with Crippen molar-refractivity contribution >= 4 is 45.5 Å². The summed E-state index contributed by atoms with van der Waals surface area (Å²) >= 11 is 0. The summed E-state index contributed by atoms with van der Waals surface area (Å²) in [6.45, 7) is 5.29. The van der Waals surface area contributed by atoms with Gasteiger partial charge in [-0.3, -0.25) is 4.99 Å². The van der Waals surface area contributed by atoms with Crippen LogP contribution in [0.25, 0.3) is 5.57 Å². The predicted molar refractivity (Wildman–Crippen MR) is 131 cm³/mol. The van der Waals surface area contributed by atoms with Crippen LogP contribution in [0.3, 0.4) is 0 Å². The Morgan fingerprint density at radius 1 is 1.24 bits per heavy atom. The Hall–Kier alpha value is -1.13. The van der Waals surface area contributed by atoms with Gasteiger partial charge in [-0.05, 0) is 43.2 Å². The van der Waals surface area contributed by atoms with Crippen molar-refractivity contribution in [3.05, 3.63) is 42.0 Å². The highest BCUT2D eigenvalue weighted by Gasteiger charge is 2.20. The molecule has 1 saturated carbocycles. The van der Waals surface area contributed by atoms with Gasteiger partial charge in [-0.2, -0.15) is 0 Å². The molecule has 1 aromatic carbocycles. The van der Waals surface area contributed by atoms with Gasteiger partial charge in [-0.25, -0.2) is 13.1 Å². The van der Waals surface area contributed by atoms with Crippen LogP contribution < -0.4 is 10.0 Å². The minimum absolute atomic E-state index is 0. The summed E-state index contributed by atoms with van der Waals surface area (Å²) in [5.41, 5.74) is 2.63. The minimum Gasteiger partial charge on any atom is -0.357 e. The summed E-state index contributed by atoms with van der Waals surface area (Å²) < 4.78 is 27.1. The Morgan fingerprint density at radius 2 is 2.00 bits per heavy atom. The molecular formula is C21H33IN4O2S. The second-order valence-electron chi connectivity index (χ2n) is 7.49. The van der Waals surface area contributed by atoms with E-state index in [4.69, 9.17) is 0 Å². The standard InChI is InChI=1S/C21H32N4O2S.HI/c1-2-22-21(23-13-16-28(26,27)24-17-18-7-6-8-18)25-14-11-20(12-15-25)19-9-4-3-5-10-19;/h3-5,9-11,18,24H,2,6-8,12-17H2,1H3,(H,22,23);1H. The van der Waals surface area contributed by atoms with Gasteiger partial charge in [0.15, 0.2) is 5.96 Å². The lowest BCUT2D eigenvalue weighted by atomic mass is 9.86. The van der Waals surface area contributed by atoms with Gasteiger partial charge in [0.2, 0.25) is 10.0 Å². The Morgan fingerprint density at radius 3 is 2.59 bits per heavy atom. The molecule has 0 radical (unpaired) electrons. The van der Waals surface area contributed by atoms with Crippen LogP contribution >= 0.6 is 24.0 Å². The summed E-state index contributed by atoms with van der Waals surface area (Å²) in [6.07, 6.45) is 6.69. The molecule has 0 saturated heterocycles. The van der Waals surface area contributed by atoms with Crippen molar-refractivity contribution in [2.24, 2.45) is 10.9 Å². The monoisotopic (exact) mass is 532 g/mol. The third-order valence-electron chi connectivity index (χ3n) is 5.43. The maximum atomic E-state index is 12.2. The number of halogens is 1. The van der Waals surface area contributed by atoms with Gasteiger partial charge in [-0.1, -0.05) is 42.8 Å². The van der Waals surface area contributed by atoms with Gasteiger partial charge in [0.05, 0.1) is 12.3 Å². The average Bonchev–Trinajstić information content (AvgIpc) is 2.67. The molecule has 3 rings (SSSR count). The number of guanidine groups is 1. The summed E-state index contributed by atoms with van der Waals surface area (Å²) in [5, 5.41) is 3.29. The van der Waals surface area contributed by atoms with Crippen molar-refractivity contribution < 1.29 is 8.42 Å². The van der Waals surface area contributed by atoms with E-state index in [9.17, 15) is 8.42 Å². The molecule has 1 aromatic rings. The summed E-state index contributed by atoms with van der Waals surface area (Å²) in [4.78, 5) is 6.75. The Balaban J connectivity index is 0.00000300. The van der Waals surface area contributed by atoms with Crippen LogP contribution in [0.5, 0.6) is 0 Å². The lowest BCUT2D eigenvalue weighted by molar-refractivity contribution is 0.316. The highest BCUT2D eigenvalue weighted by Crippen LogP contribution is 2.25. The molecule has 162 valence electrons. The molecule has 0 bridgehead atoms. The number of aliphatic imine (C=N–C) groups is 1. The van der Waals surface area contributed by atoms with Gasteiger partial charge in [0.1, 0.15) is 0 Å². The Labute approximate surface area is 192 Å². The SMILES string of the molecule is CCNC(=NCCS(=O)(=O)NCC1CCC1)N1CC=C(c2ccccc2)CC1.I. The molecule has 0 unspecified atom stereocenters. The van der Waals surface area contributed by atoms with Crippen LogP contribution in [0.15, 0.2) is 41.4 Å². The number of rotatable bonds is 8. The van der Waals surface area contributed by atoms with Gasteiger partial charge >= 0.3 is 0 Å². The van der Waals surface area contributed by atoms with E-state index in [1.165, 1.54) is 17.6 Å². The summed E-state index contributed by atoms with van der Waals surface area (Å²) in [6, 6.07) is 10.4. The van der Waals surface area contributed by atoms with E-state index in [-0.39, 0.29) is 36.3 Å². The van der Waals surface area contributed by atoms with Crippen molar-refractivity contribution in [1.29, 1.82) is 0 Å². The number of hydrogen-bond donors (Lipinski definition) is 2. The maximum Gasteiger partial charge on any atom is 0.213 e. The number of hydrogen-bond acceptors (Lipinski definition) is 3. The minimum atomic E-state index is -3.25. The molecule has 0 aromatic heterocycles. The topological polar surface area (TPSA) is 73.8 Å².